The highest BCUT2D eigenvalue weighted by molar-refractivity contribution is 5.93. The van der Waals surface area contributed by atoms with Gasteiger partial charge in [-0.15, -0.1) is 0 Å². The zero-order chi connectivity index (χ0) is 20.4. The second kappa shape index (κ2) is 7.65. The molecule has 0 spiro atoms. The molecule has 0 saturated carbocycles. The normalized spacial score (nSPS) is 18.7. The number of alkyl halides is 3. The predicted octanol–water partition coefficient (Wildman–Crippen LogP) is 4.11. The third-order valence-corrected chi connectivity index (χ3v) is 4.85. The summed E-state index contributed by atoms with van der Waals surface area (Å²) < 4.78 is 46.9. The van der Waals surface area contributed by atoms with Gasteiger partial charge >= 0.3 is 6.18 Å². The van der Waals surface area contributed by atoms with Crippen LogP contribution in [0.4, 0.5) is 19.0 Å². The monoisotopic (exact) mass is 404 g/mol. The maximum atomic E-state index is 13.6. The second-order valence-corrected chi connectivity index (χ2v) is 6.86. The van der Waals surface area contributed by atoms with Crippen molar-refractivity contribution >= 4 is 11.7 Å². The topological polar surface area (TPSA) is 72.1 Å². The summed E-state index contributed by atoms with van der Waals surface area (Å²) in [5, 5.41) is 9.62. The van der Waals surface area contributed by atoms with Gasteiger partial charge in [-0.25, -0.2) is 4.68 Å². The molecule has 0 unspecified atom stereocenters. The van der Waals surface area contributed by atoms with E-state index >= 15 is 0 Å². The number of amides is 1. The smallest absolute Gasteiger partial charge is 0.410 e. The van der Waals surface area contributed by atoms with Crippen LogP contribution in [0.25, 0.3) is 0 Å². The molecule has 0 fully saturated rings. The number of hydrogen-bond acceptors (Lipinski definition) is 4. The van der Waals surface area contributed by atoms with Gasteiger partial charge in [-0.3, -0.25) is 4.79 Å². The van der Waals surface area contributed by atoms with Crippen LogP contribution in [0.15, 0.2) is 59.2 Å². The van der Waals surface area contributed by atoms with E-state index in [0.717, 1.165) is 10.2 Å². The zero-order valence-electron chi connectivity index (χ0n) is 15.3. The van der Waals surface area contributed by atoms with Gasteiger partial charge in [0.2, 0.25) is 0 Å². The Kier molecular flexibility index (Phi) is 5.04. The van der Waals surface area contributed by atoms with Gasteiger partial charge in [0.05, 0.1) is 12.3 Å². The number of carbonyl (C=O) groups excluding carboxylic acids is 1. The molecule has 3 heterocycles. The van der Waals surface area contributed by atoms with Crippen LogP contribution >= 0.6 is 0 Å². The number of rotatable bonds is 5. The Morgan fingerprint density at radius 1 is 1.24 bits per heavy atom. The van der Waals surface area contributed by atoms with Crippen molar-refractivity contribution in [2.24, 2.45) is 0 Å². The summed E-state index contributed by atoms with van der Waals surface area (Å²) in [5.41, 5.74) is 0.993. The lowest BCUT2D eigenvalue weighted by molar-refractivity contribution is -0.174. The first-order valence-electron chi connectivity index (χ1n) is 9.20. The van der Waals surface area contributed by atoms with Crippen molar-refractivity contribution in [3.8, 4) is 0 Å². The third-order valence-electron chi connectivity index (χ3n) is 4.85. The molecule has 0 aliphatic carbocycles. The van der Waals surface area contributed by atoms with Crippen molar-refractivity contribution in [1.82, 2.24) is 15.1 Å². The van der Waals surface area contributed by atoms with E-state index < -0.39 is 24.2 Å². The van der Waals surface area contributed by atoms with Gasteiger partial charge in [0, 0.05) is 19.0 Å². The van der Waals surface area contributed by atoms with Gasteiger partial charge < -0.3 is 15.1 Å². The molecule has 3 aromatic rings. The van der Waals surface area contributed by atoms with Gasteiger partial charge in [-0.1, -0.05) is 30.3 Å². The first-order valence-corrected chi connectivity index (χ1v) is 9.20. The largest absolute Gasteiger partial charge is 0.467 e. The van der Waals surface area contributed by atoms with Gasteiger partial charge in [0.15, 0.2) is 11.7 Å². The number of halogens is 3. The molecule has 0 radical (unpaired) electrons. The minimum atomic E-state index is -4.51. The second-order valence-electron chi connectivity index (χ2n) is 6.86. The molecule has 4 rings (SSSR count). The van der Waals surface area contributed by atoms with Crippen molar-refractivity contribution in [3.05, 3.63) is 71.8 Å². The first-order chi connectivity index (χ1) is 13.9. The number of nitrogens with zero attached hydrogens (tertiary/aromatic N) is 2. The van der Waals surface area contributed by atoms with Crippen LogP contribution in [0.3, 0.4) is 0 Å². The van der Waals surface area contributed by atoms with E-state index in [4.69, 9.17) is 4.42 Å². The molecule has 2 atom stereocenters. The molecule has 29 heavy (non-hydrogen) atoms. The molecule has 9 heteroatoms. The molecule has 1 amide bonds. The van der Waals surface area contributed by atoms with E-state index in [2.05, 4.69) is 15.7 Å². The van der Waals surface area contributed by atoms with Crippen LogP contribution in [-0.4, -0.2) is 28.4 Å². The molecule has 2 aromatic heterocycles. The Labute approximate surface area is 164 Å². The molecule has 1 aliphatic heterocycles. The standard InChI is InChI=1S/C20H19F3N4O2/c21-20(22,23)17-11-14(16-7-4-10-29-16)25-18-12-15(26-27(17)18)19(28)24-9-8-13-5-2-1-3-6-13/h1-7,10,12,14,17,25H,8-9,11H2,(H,24,28)/t14-,17+/m0/s1. The molecular weight excluding hydrogens is 385 g/mol. The molecule has 152 valence electrons. The van der Waals surface area contributed by atoms with Crippen molar-refractivity contribution < 1.29 is 22.4 Å². The van der Waals surface area contributed by atoms with E-state index in [-0.39, 0.29) is 17.9 Å². The average molecular weight is 404 g/mol. The predicted molar refractivity (Wildman–Crippen MR) is 99.5 cm³/mol. The van der Waals surface area contributed by atoms with Crippen LogP contribution in [0, 0.1) is 0 Å². The lowest BCUT2D eigenvalue weighted by Crippen LogP contribution is -2.35. The summed E-state index contributed by atoms with van der Waals surface area (Å²) >= 11 is 0. The zero-order valence-corrected chi connectivity index (χ0v) is 15.3. The Morgan fingerprint density at radius 2 is 2.03 bits per heavy atom. The Balaban J connectivity index is 1.50. The molecule has 6 nitrogen and oxygen atoms in total. The average Bonchev–Trinajstić information content (AvgIpc) is 3.37. The van der Waals surface area contributed by atoms with E-state index in [9.17, 15) is 18.0 Å². The Bertz CT molecular complexity index is 968. The number of hydrogen-bond donors (Lipinski definition) is 2. The van der Waals surface area contributed by atoms with Crippen molar-refractivity contribution in [2.75, 3.05) is 11.9 Å². The fourth-order valence-corrected chi connectivity index (χ4v) is 3.42. The summed E-state index contributed by atoms with van der Waals surface area (Å²) in [5.74, 6) is 0.0221. The van der Waals surface area contributed by atoms with Gasteiger partial charge in [0.1, 0.15) is 11.6 Å². The third kappa shape index (κ3) is 4.13. The summed E-state index contributed by atoms with van der Waals surface area (Å²) in [6, 6.07) is 11.7. The number of anilines is 1. The van der Waals surface area contributed by atoms with Crippen LogP contribution in [-0.2, 0) is 6.42 Å². The molecule has 0 bridgehead atoms. The lowest BCUT2D eigenvalue weighted by Gasteiger charge is -2.32. The van der Waals surface area contributed by atoms with Gasteiger partial charge in [0.25, 0.3) is 5.91 Å². The van der Waals surface area contributed by atoms with E-state index in [1.54, 1.807) is 12.1 Å². The minimum Gasteiger partial charge on any atom is -0.467 e. The molecule has 2 N–H and O–H groups in total. The molecule has 1 aliphatic rings. The van der Waals surface area contributed by atoms with Crippen LogP contribution in [0.1, 0.15) is 40.3 Å². The molecule has 1 aromatic carbocycles. The van der Waals surface area contributed by atoms with Crippen molar-refractivity contribution in [1.29, 1.82) is 0 Å². The SMILES string of the molecule is O=C(NCCc1ccccc1)c1cc2n(n1)[C@@H](C(F)(F)F)C[C@@H](c1ccco1)N2. The lowest BCUT2D eigenvalue weighted by atomic mass is 10.0. The number of benzene rings is 1. The van der Waals surface area contributed by atoms with Crippen LogP contribution < -0.4 is 10.6 Å². The maximum absolute atomic E-state index is 13.6. The quantitative estimate of drug-likeness (QED) is 0.671. The molecule has 0 saturated heterocycles. The summed E-state index contributed by atoms with van der Waals surface area (Å²) in [6.07, 6.45) is -2.75. The Morgan fingerprint density at radius 3 is 2.72 bits per heavy atom. The van der Waals surface area contributed by atoms with Crippen LogP contribution in [0.5, 0.6) is 0 Å². The molecular formula is C20H19F3N4O2. The van der Waals surface area contributed by atoms with Crippen molar-refractivity contribution in [3.63, 3.8) is 0 Å². The van der Waals surface area contributed by atoms with Gasteiger partial charge in [-0.05, 0) is 24.1 Å². The highest BCUT2D eigenvalue weighted by Gasteiger charge is 2.47. The van der Waals surface area contributed by atoms with E-state index in [1.807, 2.05) is 30.3 Å². The maximum Gasteiger partial charge on any atom is 0.410 e. The number of furan rings is 1. The van der Waals surface area contributed by atoms with E-state index in [1.165, 1.54) is 12.3 Å². The van der Waals surface area contributed by atoms with E-state index in [0.29, 0.717) is 18.7 Å². The number of fused-ring (bicyclic) bond motifs is 1. The fourth-order valence-electron chi connectivity index (χ4n) is 3.42. The highest BCUT2D eigenvalue weighted by Crippen LogP contribution is 2.43. The first kappa shape index (κ1) is 19.1. The highest BCUT2D eigenvalue weighted by atomic mass is 19.4. The number of aromatic nitrogens is 2. The summed E-state index contributed by atoms with van der Waals surface area (Å²) in [7, 11) is 0. The van der Waals surface area contributed by atoms with Crippen LogP contribution in [0.2, 0.25) is 0 Å². The minimum absolute atomic E-state index is 0.0603. The summed E-state index contributed by atoms with van der Waals surface area (Å²) in [4.78, 5) is 12.4. The van der Waals surface area contributed by atoms with Gasteiger partial charge in [-0.2, -0.15) is 18.3 Å². The van der Waals surface area contributed by atoms with Crippen molar-refractivity contribution in [2.45, 2.75) is 31.1 Å². The number of carbonyl (C=O) groups is 1. The fraction of sp³-hybridized carbons (Fsp3) is 0.300. The summed E-state index contributed by atoms with van der Waals surface area (Å²) in [6.45, 7) is 0.357. The Hall–Kier alpha value is -3.23. The number of nitrogens with one attached hydrogen (secondary N) is 2.